The lowest BCUT2D eigenvalue weighted by atomic mass is 10.5. The highest BCUT2D eigenvalue weighted by molar-refractivity contribution is 5.50. The van der Waals surface area contributed by atoms with Gasteiger partial charge in [0.15, 0.2) is 6.21 Å². The third-order valence-corrected chi connectivity index (χ3v) is 1.50. The van der Waals surface area contributed by atoms with Crippen LogP contribution in [0.15, 0.2) is 15.8 Å². The van der Waals surface area contributed by atoms with Gasteiger partial charge in [0.05, 0.1) is 6.20 Å². The van der Waals surface area contributed by atoms with E-state index in [0.29, 0.717) is 4.74 Å². The van der Waals surface area contributed by atoms with Crippen LogP contribution in [0.2, 0.25) is 0 Å². The summed E-state index contributed by atoms with van der Waals surface area (Å²) in [4.78, 5) is 23.4. The van der Waals surface area contributed by atoms with E-state index in [-0.39, 0.29) is 6.54 Å². The van der Waals surface area contributed by atoms with Gasteiger partial charge in [0.1, 0.15) is 13.6 Å². The van der Waals surface area contributed by atoms with E-state index in [4.69, 9.17) is 0 Å². The van der Waals surface area contributed by atoms with Gasteiger partial charge in [0.25, 0.3) is 5.56 Å². The van der Waals surface area contributed by atoms with E-state index in [1.807, 2.05) is 0 Å². The second-order valence-electron chi connectivity index (χ2n) is 2.62. The molecule has 0 aliphatic rings. The number of nitrogens with zero attached hydrogens (tertiary/aromatic N) is 2. The molecule has 0 fully saturated rings. The van der Waals surface area contributed by atoms with Crippen molar-refractivity contribution in [3.8, 4) is 0 Å². The van der Waals surface area contributed by atoms with Crippen LogP contribution in [0, 0.1) is 11.0 Å². The molecule has 1 aromatic rings. The van der Waals surface area contributed by atoms with E-state index >= 15 is 0 Å². The van der Waals surface area contributed by atoms with Crippen LogP contribution in [0.25, 0.3) is 0 Å². The van der Waals surface area contributed by atoms with Gasteiger partial charge >= 0.3 is 5.69 Å². The maximum Gasteiger partial charge on any atom is 0.328 e. The molecule has 1 aromatic heterocycles. The van der Waals surface area contributed by atoms with Gasteiger partial charge in [-0.3, -0.25) is 14.3 Å². The molecular formula is C7H8FN3O3. The molecule has 14 heavy (non-hydrogen) atoms. The largest absolute Gasteiger partial charge is 0.624 e. The smallest absolute Gasteiger partial charge is 0.328 e. The zero-order valence-electron chi connectivity index (χ0n) is 7.36. The topological polar surface area (TPSA) is 80.9 Å². The number of rotatable bonds is 2. The van der Waals surface area contributed by atoms with Crippen LogP contribution in [0.5, 0.6) is 0 Å². The number of hydrogen-bond acceptors (Lipinski definition) is 3. The molecular weight excluding hydrogens is 193 g/mol. The minimum Gasteiger partial charge on any atom is -0.624 e. The third-order valence-electron chi connectivity index (χ3n) is 1.50. The molecule has 0 bridgehead atoms. The van der Waals surface area contributed by atoms with Crippen molar-refractivity contribution in [2.75, 3.05) is 7.05 Å². The molecule has 0 radical (unpaired) electrons. The number of hydroxylamine groups is 1. The van der Waals surface area contributed by atoms with Gasteiger partial charge in [-0.05, 0) is 0 Å². The van der Waals surface area contributed by atoms with E-state index < -0.39 is 17.1 Å². The Bertz CT molecular complexity index is 470. The average molecular weight is 201 g/mol. The van der Waals surface area contributed by atoms with Gasteiger partial charge in [-0.25, -0.2) is 9.53 Å². The molecule has 0 aromatic carbocycles. The summed E-state index contributed by atoms with van der Waals surface area (Å²) in [6, 6.07) is 0. The minimum absolute atomic E-state index is 0.0907. The highest BCUT2D eigenvalue weighted by Crippen LogP contribution is 1.82. The summed E-state index contributed by atoms with van der Waals surface area (Å²) in [5, 5.41) is 10.5. The first-order chi connectivity index (χ1) is 6.50. The predicted octanol–water partition coefficient (Wildman–Crippen LogP) is -1.11. The van der Waals surface area contributed by atoms with Gasteiger partial charge in [0, 0.05) is 0 Å². The van der Waals surface area contributed by atoms with Crippen LogP contribution in [-0.2, 0) is 6.54 Å². The van der Waals surface area contributed by atoms with Crippen molar-refractivity contribution in [2.24, 2.45) is 0 Å². The van der Waals surface area contributed by atoms with E-state index in [0.717, 1.165) is 17.0 Å². The molecule has 0 amide bonds. The lowest BCUT2D eigenvalue weighted by Gasteiger charge is -2.00. The first-order valence-electron chi connectivity index (χ1n) is 3.73. The van der Waals surface area contributed by atoms with Crippen molar-refractivity contribution in [1.29, 1.82) is 0 Å². The first-order valence-corrected chi connectivity index (χ1v) is 3.73. The van der Waals surface area contributed by atoms with Crippen LogP contribution in [0.4, 0.5) is 4.39 Å². The van der Waals surface area contributed by atoms with Crippen molar-refractivity contribution in [3.05, 3.63) is 38.1 Å². The molecule has 1 heterocycles. The van der Waals surface area contributed by atoms with E-state index in [2.05, 4.69) is 0 Å². The second-order valence-corrected chi connectivity index (χ2v) is 2.62. The number of H-pyrrole nitrogens is 1. The number of aromatic amines is 1. The predicted molar refractivity (Wildman–Crippen MR) is 46.9 cm³/mol. The SMILES string of the molecule is C/[N+]([O-])=C/Cn1cc(F)c(=O)[nH]c1=O. The fourth-order valence-corrected chi connectivity index (χ4v) is 0.821. The number of aromatic nitrogens is 2. The number of hydrogen-bond donors (Lipinski definition) is 1. The summed E-state index contributed by atoms with van der Waals surface area (Å²) in [5.41, 5.74) is -1.82. The Labute approximate surface area is 77.5 Å². The molecule has 0 aliphatic heterocycles. The fraction of sp³-hybridized carbons (Fsp3) is 0.286. The van der Waals surface area contributed by atoms with Gasteiger partial charge in [-0.2, -0.15) is 4.39 Å². The molecule has 0 saturated carbocycles. The summed E-state index contributed by atoms with van der Waals surface area (Å²) in [6.45, 7) is -0.0907. The maximum absolute atomic E-state index is 12.7. The van der Waals surface area contributed by atoms with Gasteiger partial charge < -0.3 is 5.21 Å². The molecule has 0 aliphatic carbocycles. The van der Waals surface area contributed by atoms with E-state index in [9.17, 15) is 19.2 Å². The van der Waals surface area contributed by atoms with Crippen LogP contribution in [0.3, 0.4) is 0 Å². The molecule has 0 atom stereocenters. The Morgan fingerprint density at radius 3 is 2.93 bits per heavy atom. The second kappa shape index (κ2) is 3.86. The van der Waals surface area contributed by atoms with Gasteiger partial charge in [0.2, 0.25) is 5.82 Å². The van der Waals surface area contributed by atoms with Crippen LogP contribution < -0.4 is 11.2 Å². The monoisotopic (exact) mass is 201 g/mol. The summed E-state index contributed by atoms with van der Waals surface area (Å²) < 4.78 is 14.0. The highest BCUT2D eigenvalue weighted by Gasteiger charge is 2.02. The van der Waals surface area contributed by atoms with E-state index in [1.54, 1.807) is 4.98 Å². The Morgan fingerprint density at radius 1 is 1.71 bits per heavy atom. The Hall–Kier alpha value is -1.92. The zero-order valence-corrected chi connectivity index (χ0v) is 7.36. The summed E-state index contributed by atoms with van der Waals surface area (Å²) in [6.07, 6.45) is 1.88. The molecule has 1 rings (SSSR count). The summed E-state index contributed by atoms with van der Waals surface area (Å²) in [5.74, 6) is -1.06. The van der Waals surface area contributed by atoms with Gasteiger partial charge in [-0.1, -0.05) is 0 Å². The zero-order chi connectivity index (χ0) is 10.7. The Morgan fingerprint density at radius 2 is 2.36 bits per heavy atom. The van der Waals surface area contributed by atoms with Crippen molar-refractivity contribution < 1.29 is 9.13 Å². The molecule has 0 spiro atoms. The summed E-state index contributed by atoms with van der Waals surface area (Å²) >= 11 is 0. The van der Waals surface area contributed by atoms with Crippen molar-refractivity contribution in [1.82, 2.24) is 9.55 Å². The number of nitrogens with one attached hydrogen (secondary N) is 1. The van der Waals surface area contributed by atoms with Crippen LogP contribution in [-0.4, -0.2) is 27.6 Å². The first kappa shape index (κ1) is 10.2. The van der Waals surface area contributed by atoms with Crippen LogP contribution >= 0.6 is 0 Å². The summed E-state index contributed by atoms with van der Waals surface area (Å²) in [7, 11) is 1.23. The maximum atomic E-state index is 12.7. The van der Waals surface area contributed by atoms with Gasteiger partial charge in [-0.15, -0.1) is 0 Å². The average Bonchev–Trinajstić information content (AvgIpc) is 2.09. The molecule has 0 unspecified atom stereocenters. The Kier molecular flexibility index (Phi) is 2.80. The lowest BCUT2D eigenvalue weighted by molar-refractivity contribution is -0.418. The van der Waals surface area contributed by atoms with Crippen LogP contribution in [0.1, 0.15) is 0 Å². The Balaban J connectivity index is 3.11. The molecule has 7 heteroatoms. The quantitative estimate of drug-likeness (QED) is 0.285. The fourth-order valence-electron chi connectivity index (χ4n) is 0.821. The molecule has 6 nitrogen and oxygen atoms in total. The normalized spacial score (nSPS) is 11.7. The molecule has 0 saturated heterocycles. The standard InChI is InChI=1S/C7H8FN3O3/c1-10(14)2-3-11-4-5(8)6(12)9-7(11)13/h2,4H,3H2,1H3,(H,9,12,13)/b10-2-. The van der Waals surface area contributed by atoms with Crippen molar-refractivity contribution in [3.63, 3.8) is 0 Å². The molecule has 76 valence electrons. The highest BCUT2D eigenvalue weighted by atomic mass is 19.1. The minimum atomic E-state index is -1.07. The van der Waals surface area contributed by atoms with E-state index in [1.165, 1.54) is 7.05 Å². The van der Waals surface area contributed by atoms with Crippen molar-refractivity contribution >= 4 is 6.21 Å². The lowest BCUT2D eigenvalue weighted by Crippen LogP contribution is -2.32. The third kappa shape index (κ3) is 2.28. The number of halogens is 1. The van der Waals surface area contributed by atoms with Crippen molar-refractivity contribution in [2.45, 2.75) is 6.54 Å². The molecule has 1 N–H and O–H groups in total.